The Bertz CT molecular complexity index is 981. The Balaban J connectivity index is 1.90. The maximum atomic E-state index is 14.0. The number of esters is 1. The number of thioether (sulfide) groups is 1. The average Bonchev–Trinajstić information content (AvgIpc) is 3.04. The van der Waals surface area contributed by atoms with E-state index >= 15 is 0 Å². The summed E-state index contributed by atoms with van der Waals surface area (Å²) in [5.41, 5.74) is -1.37. The van der Waals surface area contributed by atoms with Gasteiger partial charge < -0.3 is 19.7 Å². The van der Waals surface area contributed by atoms with Crippen molar-refractivity contribution in [1.29, 1.82) is 0 Å². The molecule has 12 heteroatoms. The van der Waals surface area contributed by atoms with Crippen molar-refractivity contribution >= 4 is 64.3 Å². The first-order chi connectivity index (χ1) is 16.6. The second-order valence-corrected chi connectivity index (χ2v) is 14.2. The zero-order valence-electron chi connectivity index (χ0n) is 21.1. The van der Waals surface area contributed by atoms with Crippen LogP contribution in [0.25, 0.3) is 0 Å². The van der Waals surface area contributed by atoms with Crippen molar-refractivity contribution in [2.45, 2.75) is 79.2 Å². The minimum atomic E-state index is -1.77. The van der Waals surface area contributed by atoms with Crippen LogP contribution in [0.2, 0.25) is 0 Å². The van der Waals surface area contributed by atoms with Crippen LogP contribution in [-0.2, 0) is 19.1 Å². The van der Waals surface area contributed by atoms with Crippen LogP contribution in [-0.4, -0.2) is 78.5 Å². The summed E-state index contributed by atoms with van der Waals surface area (Å²) < 4.78 is 8.38. The molecule has 2 saturated heterocycles. The topological polar surface area (TPSA) is 88.2 Å². The summed E-state index contributed by atoms with van der Waals surface area (Å²) in [7, 11) is 0. The van der Waals surface area contributed by atoms with Crippen LogP contribution < -0.4 is 10.1 Å². The van der Waals surface area contributed by atoms with Gasteiger partial charge in [0.15, 0.2) is 6.61 Å². The smallest absolute Gasteiger partial charge is 0.330 e. The van der Waals surface area contributed by atoms with Crippen LogP contribution in [0.1, 0.15) is 41.5 Å². The molecule has 2 aliphatic heterocycles. The molecule has 36 heavy (non-hydrogen) atoms. The number of para-hydroxylation sites is 1. The highest BCUT2D eigenvalue weighted by atomic mass is 35.6. The van der Waals surface area contributed by atoms with Gasteiger partial charge >= 0.3 is 5.97 Å². The molecule has 0 saturated carbocycles. The monoisotopic (exact) mass is 579 g/mol. The van der Waals surface area contributed by atoms with Crippen LogP contribution in [0.3, 0.4) is 0 Å². The van der Waals surface area contributed by atoms with Gasteiger partial charge in [0.1, 0.15) is 23.8 Å². The number of ether oxygens (including phenoxy) is 2. The van der Waals surface area contributed by atoms with Gasteiger partial charge in [-0.25, -0.2) is 4.79 Å². The van der Waals surface area contributed by atoms with Crippen LogP contribution in [0.15, 0.2) is 30.3 Å². The SMILES string of the molecule is CC(C)N(C(C)C)[C@]1(NC(=O)COc2ccccc2)C(=O)N2[C@@H](C(=O)OCC(Cl)(Cl)Cl)C(C)(C)S[C@@H]21. The zero-order valence-corrected chi connectivity index (χ0v) is 24.2. The molecule has 2 amide bonds. The fraction of sp³-hybridized carbons (Fsp3) is 0.625. The van der Waals surface area contributed by atoms with Gasteiger partial charge in [0, 0.05) is 16.8 Å². The van der Waals surface area contributed by atoms with Crippen LogP contribution >= 0.6 is 46.6 Å². The molecular formula is C24H32Cl3N3O5S. The molecule has 1 aromatic carbocycles. The minimum Gasteiger partial charge on any atom is -0.484 e. The number of halogens is 3. The Kier molecular flexibility index (Phi) is 8.73. The number of β-lactam (4-membered cyclic amide) rings is 1. The predicted molar refractivity (Wildman–Crippen MR) is 142 cm³/mol. The van der Waals surface area contributed by atoms with Gasteiger partial charge in [-0.1, -0.05) is 53.0 Å². The Labute approximate surface area is 231 Å². The summed E-state index contributed by atoms with van der Waals surface area (Å²) in [5.74, 6) is -0.959. The third kappa shape index (κ3) is 5.70. The molecule has 2 fully saturated rings. The third-order valence-electron chi connectivity index (χ3n) is 6.09. The number of hydrogen-bond donors (Lipinski definition) is 1. The van der Waals surface area contributed by atoms with Gasteiger partial charge in [0.05, 0.1) is 0 Å². The number of amides is 2. The van der Waals surface area contributed by atoms with E-state index in [2.05, 4.69) is 5.32 Å². The highest BCUT2D eigenvalue weighted by molar-refractivity contribution is 8.01. The van der Waals surface area contributed by atoms with Gasteiger partial charge in [-0.3, -0.25) is 14.5 Å². The van der Waals surface area contributed by atoms with Gasteiger partial charge in [-0.2, -0.15) is 0 Å². The standard InChI is InChI=1S/C24H32Cl3N3O5S/c1-14(2)30(15(3)4)24(28-17(31)12-34-16-10-8-7-9-11-16)20(33)29-18(22(5,6)36-21(24)29)19(32)35-13-23(25,26)27/h7-11,14-15,18,21H,12-13H2,1-6H3,(H,28,31)/t18-,21+,24+/m0/s1. The summed E-state index contributed by atoms with van der Waals surface area (Å²) in [5, 5.41) is 2.43. The molecule has 2 heterocycles. The maximum Gasteiger partial charge on any atom is 0.330 e. The first kappa shape index (κ1) is 29.2. The quantitative estimate of drug-likeness (QED) is 0.205. The number of hydrogen-bond acceptors (Lipinski definition) is 7. The number of alkyl halides is 3. The molecule has 200 valence electrons. The second kappa shape index (κ2) is 10.8. The van der Waals surface area contributed by atoms with E-state index in [9.17, 15) is 14.4 Å². The molecular weight excluding hydrogens is 549 g/mol. The van der Waals surface area contributed by atoms with E-state index in [0.29, 0.717) is 5.75 Å². The Morgan fingerprint density at radius 1 is 1.14 bits per heavy atom. The van der Waals surface area contributed by atoms with Crippen LogP contribution in [0, 0.1) is 0 Å². The molecule has 3 rings (SSSR count). The number of nitrogens with zero attached hydrogens (tertiary/aromatic N) is 2. The predicted octanol–water partition coefficient (Wildman–Crippen LogP) is 3.97. The summed E-state index contributed by atoms with van der Waals surface area (Å²) >= 11 is 18.7. The van der Waals surface area contributed by atoms with Crippen molar-refractivity contribution in [3.8, 4) is 5.75 Å². The molecule has 1 aromatic rings. The Hall–Kier alpha value is -1.39. The van der Waals surface area contributed by atoms with Crippen LogP contribution in [0.4, 0.5) is 0 Å². The molecule has 0 bridgehead atoms. The molecule has 0 radical (unpaired) electrons. The van der Waals surface area contributed by atoms with E-state index in [1.54, 1.807) is 24.3 Å². The van der Waals surface area contributed by atoms with Gasteiger partial charge in [-0.15, -0.1) is 11.8 Å². The molecule has 0 aliphatic carbocycles. The van der Waals surface area contributed by atoms with Crippen LogP contribution in [0.5, 0.6) is 5.75 Å². The molecule has 1 N–H and O–H groups in total. The number of rotatable bonds is 9. The van der Waals surface area contributed by atoms with E-state index in [4.69, 9.17) is 44.3 Å². The molecule has 0 unspecified atom stereocenters. The van der Waals surface area contributed by atoms with E-state index in [1.165, 1.54) is 16.7 Å². The summed E-state index contributed by atoms with van der Waals surface area (Å²) in [6.07, 6.45) is 0. The highest BCUT2D eigenvalue weighted by Crippen LogP contribution is 2.56. The molecule has 3 atom stereocenters. The number of fused-ring (bicyclic) bond motifs is 1. The summed E-state index contributed by atoms with van der Waals surface area (Å²) in [6, 6.07) is 7.85. The fourth-order valence-corrected chi connectivity index (χ4v) is 6.86. The van der Waals surface area contributed by atoms with Gasteiger partial charge in [-0.05, 0) is 53.7 Å². The van der Waals surface area contributed by atoms with Crippen molar-refractivity contribution in [2.75, 3.05) is 13.2 Å². The lowest BCUT2D eigenvalue weighted by molar-refractivity contribution is -0.190. The normalized spacial score (nSPS) is 25.1. The first-order valence-electron chi connectivity index (χ1n) is 11.6. The first-order valence-corrected chi connectivity index (χ1v) is 13.6. The number of carbonyl (C=O) groups excluding carboxylic acids is 3. The second-order valence-electron chi connectivity index (χ2n) is 9.92. The van der Waals surface area contributed by atoms with Gasteiger partial charge in [0.25, 0.3) is 11.8 Å². The van der Waals surface area contributed by atoms with E-state index in [0.717, 1.165) is 0 Å². The molecule has 0 spiro atoms. The van der Waals surface area contributed by atoms with Gasteiger partial charge in [0.2, 0.25) is 9.46 Å². The molecule has 2 aliphatic rings. The van der Waals surface area contributed by atoms with Crippen molar-refractivity contribution in [2.24, 2.45) is 0 Å². The van der Waals surface area contributed by atoms with Crippen molar-refractivity contribution in [1.82, 2.24) is 15.1 Å². The van der Waals surface area contributed by atoms with E-state index in [1.807, 2.05) is 52.5 Å². The third-order valence-corrected chi connectivity index (χ3v) is 8.04. The van der Waals surface area contributed by atoms with Crippen molar-refractivity contribution in [3.05, 3.63) is 30.3 Å². The largest absolute Gasteiger partial charge is 0.484 e. The van der Waals surface area contributed by atoms with E-state index in [-0.39, 0.29) is 18.7 Å². The molecule has 8 nitrogen and oxygen atoms in total. The summed E-state index contributed by atoms with van der Waals surface area (Å²) in [6.45, 7) is 10.8. The Morgan fingerprint density at radius 3 is 2.25 bits per heavy atom. The minimum absolute atomic E-state index is 0.0921. The van der Waals surface area contributed by atoms with E-state index < -0.39 is 50.0 Å². The van der Waals surface area contributed by atoms with Crippen molar-refractivity contribution in [3.63, 3.8) is 0 Å². The Morgan fingerprint density at radius 2 is 1.72 bits per heavy atom. The van der Waals surface area contributed by atoms with Crippen molar-refractivity contribution < 1.29 is 23.9 Å². The maximum absolute atomic E-state index is 14.0. The number of nitrogens with one attached hydrogen (secondary N) is 1. The zero-order chi connectivity index (χ0) is 27.1. The fourth-order valence-electron chi connectivity index (χ4n) is 5.00. The molecule has 0 aromatic heterocycles. The lowest BCUT2D eigenvalue weighted by Crippen LogP contribution is -2.87. The average molecular weight is 581 g/mol. The highest BCUT2D eigenvalue weighted by Gasteiger charge is 2.74. The lowest BCUT2D eigenvalue weighted by Gasteiger charge is -2.60. The summed E-state index contributed by atoms with van der Waals surface area (Å²) in [4.78, 5) is 43.6. The lowest BCUT2D eigenvalue weighted by atomic mass is 9.88. The number of benzene rings is 1. The number of carbonyl (C=O) groups is 3.